The molecule has 5 aliphatic rings. The maximum atomic E-state index is 13.7. The van der Waals surface area contributed by atoms with Gasteiger partial charge in [-0.3, -0.25) is 38.6 Å². The van der Waals surface area contributed by atoms with Gasteiger partial charge in [-0.15, -0.1) is 0 Å². The monoisotopic (exact) mass is 548 g/mol. The fourth-order valence-corrected chi connectivity index (χ4v) is 6.90. The first-order valence-corrected chi connectivity index (χ1v) is 12.8. The van der Waals surface area contributed by atoms with Gasteiger partial charge in [-0.25, -0.2) is 0 Å². The van der Waals surface area contributed by atoms with Gasteiger partial charge in [-0.05, 0) is 33.7 Å². The molecule has 0 saturated carbocycles. The number of nitrogens with zero attached hydrogens (tertiary/aromatic N) is 3. The quantitative estimate of drug-likeness (QED) is 0.270. The molecule has 0 radical (unpaired) electrons. The Labute approximate surface area is 229 Å². The number of piperazine rings is 1. The second kappa shape index (κ2) is 9.46. The number of fused-ring (bicyclic) bond motifs is 5. The molecule has 5 rings (SSSR count). The zero-order valence-corrected chi connectivity index (χ0v) is 22.7. The van der Waals surface area contributed by atoms with Gasteiger partial charge in [0.25, 0.3) is 5.91 Å². The lowest BCUT2D eigenvalue weighted by Crippen LogP contribution is -2.74. The second-order valence-electron chi connectivity index (χ2n) is 10.7. The zero-order valence-electron chi connectivity index (χ0n) is 22.7. The third-order valence-electron chi connectivity index (χ3n) is 8.81. The Morgan fingerprint density at radius 2 is 1.65 bits per heavy atom. The van der Waals surface area contributed by atoms with E-state index >= 15 is 0 Å². The van der Waals surface area contributed by atoms with E-state index in [-0.39, 0.29) is 64.6 Å². The average molecular weight is 549 g/mol. The van der Waals surface area contributed by atoms with E-state index in [1.165, 1.54) is 21.0 Å². The number of Topliss-reactive ketones (excluding diaryl/α,β-unsaturated/α-hetero) is 5. The maximum Gasteiger partial charge on any atom is 0.287 e. The van der Waals surface area contributed by atoms with Crippen molar-refractivity contribution in [1.29, 1.82) is 5.26 Å². The molecule has 0 aromatic heterocycles. The van der Waals surface area contributed by atoms with Gasteiger partial charge in [0.05, 0.1) is 25.3 Å². The number of ketones is 5. The minimum Gasteiger partial charge on any atom is -0.507 e. The van der Waals surface area contributed by atoms with E-state index in [0.29, 0.717) is 5.57 Å². The number of hydrogen-bond donors (Lipinski definition) is 2. The first-order chi connectivity index (χ1) is 18.9. The minimum absolute atomic E-state index is 0.0160. The highest BCUT2D eigenvalue weighted by molar-refractivity contribution is 6.50. The highest BCUT2D eigenvalue weighted by Crippen LogP contribution is 2.49. The van der Waals surface area contributed by atoms with Gasteiger partial charge in [-0.2, -0.15) is 5.26 Å². The van der Waals surface area contributed by atoms with E-state index in [1.54, 1.807) is 11.9 Å². The van der Waals surface area contributed by atoms with Gasteiger partial charge in [0.15, 0.2) is 11.5 Å². The highest BCUT2D eigenvalue weighted by atomic mass is 16.5. The fraction of sp³-hybridized carbons (Fsp3) is 0.464. The summed E-state index contributed by atoms with van der Waals surface area (Å²) in [4.78, 5) is 80.7. The molecule has 3 aliphatic heterocycles. The number of hydrogen-bond acceptors (Lipinski definition) is 11. The fourth-order valence-electron chi connectivity index (χ4n) is 6.90. The van der Waals surface area contributed by atoms with Gasteiger partial charge in [0, 0.05) is 59.0 Å². The Morgan fingerprint density at radius 1 is 1.00 bits per heavy atom. The molecule has 1 amide bonds. The predicted molar refractivity (Wildman–Crippen MR) is 136 cm³/mol. The lowest BCUT2D eigenvalue weighted by Gasteiger charge is -2.60. The Morgan fingerprint density at radius 3 is 2.25 bits per heavy atom. The van der Waals surface area contributed by atoms with Crippen LogP contribution in [0.3, 0.4) is 0 Å². The van der Waals surface area contributed by atoms with E-state index in [4.69, 9.17) is 4.74 Å². The van der Waals surface area contributed by atoms with E-state index in [9.17, 15) is 39.1 Å². The topological polar surface area (TPSA) is 174 Å². The summed E-state index contributed by atoms with van der Waals surface area (Å²) in [7, 11) is 3.06. The van der Waals surface area contributed by atoms with Gasteiger partial charge in [-0.1, -0.05) is 0 Å². The van der Waals surface area contributed by atoms with Crippen LogP contribution in [0, 0.1) is 11.3 Å². The molecule has 1 fully saturated rings. The van der Waals surface area contributed by atoms with Crippen LogP contribution in [-0.4, -0.2) is 101 Å². The van der Waals surface area contributed by atoms with Crippen LogP contribution in [0.4, 0.5) is 0 Å². The van der Waals surface area contributed by atoms with Crippen LogP contribution in [0.15, 0.2) is 45.0 Å². The summed E-state index contributed by atoms with van der Waals surface area (Å²) < 4.78 is 5.31. The van der Waals surface area contributed by atoms with Crippen molar-refractivity contribution in [2.75, 3.05) is 20.7 Å². The van der Waals surface area contributed by atoms with Crippen LogP contribution >= 0.6 is 0 Å². The summed E-state index contributed by atoms with van der Waals surface area (Å²) in [6.45, 7) is 3.63. The van der Waals surface area contributed by atoms with E-state index in [2.05, 4.69) is 11.4 Å². The predicted octanol–water partition coefficient (Wildman–Crippen LogP) is -0.238. The van der Waals surface area contributed by atoms with Gasteiger partial charge < -0.3 is 15.2 Å². The second-order valence-corrected chi connectivity index (χ2v) is 10.7. The molecule has 5 atom stereocenters. The van der Waals surface area contributed by atoms with Crippen LogP contribution in [0.25, 0.3) is 0 Å². The minimum atomic E-state index is -1.07. The molecule has 0 unspecified atom stereocenters. The molecule has 1 saturated heterocycles. The number of allylic oxidation sites excluding steroid dienone is 4. The van der Waals surface area contributed by atoms with Crippen LogP contribution < -0.4 is 5.32 Å². The summed E-state index contributed by atoms with van der Waals surface area (Å²) in [6, 6.07) is -1.76. The number of carbonyl (C=O) groups excluding carboxylic acids is 6. The summed E-state index contributed by atoms with van der Waals surface area (Å²) in [5.74, 6) is -4.67. The number of ether oxygens (including phenoxy) is 1. The summed E-state index contributed by atoms with van der Waals surface area (Å²) in [5, 5.41) is 23.9. The van der Waals surface area contributed by atoms with Crippen molar-refractivity contribution >= 4 is 34.8 Å². The standard InChI is InChI=1S/C28H28N4O8/c1-10-22(34)13-7-16-21-20-14(23(35)11(2)27(40-5)26(20)38)6-15(31(21)4)17(8-29)32(16)18(9-30-28(39)12(3)33)19(13)25(37)24(10)36/h15-18,21,34H,6-7,9H2,1-5H3,(H,30,39)/t15-,16-,17-,18-,21-/m0/s1. The molecule has 12 nitrogen and oxygen atoms in total. The van der Waals surface area contributed by atoms with Crippen molar-refractivity contribution < 1.29 is 38.6 Å². The van der Waals surface area contributed by atoms with Gasteiger partial charge in [0.2, 0.25) is 23.1 Å². The SMILES string of the molecule is COC1=C(C)C(=O)C2=C(C1=O)[C@@H]1[C@@H]3CC4=C(C(=O)C(=O)C(C)=C4O)[C@H](CNC(=O)C(C)=O)N3[C@@H](C#N)[C@H](C2)N1C. The van der Waals surface area contributed by atoms with Crippen LogP contribution in [0.1, 0.15) is 33.6 Å². The summed E-state index contributed by atoms with van der Waals surface area (Å²) in [5.41, 5.74) is 0.718. The number of carbonyl (C=O) groups is 6. The first-order valence-electron chi connectivity index (χ1n) is 12.8. The zero-order chi connectivity index (χ0) is 29.4. The Bertz CT molecular complexity index is 1510. The lowest BCUT2D eigenvalue weighted by molar-refractivity contribution is -0.137. The van der Waals surface area contributed by atoms with Crippen molar-refractivity contribution in [3.63, 3.8) is 0 Å². The van der Waals surface area contributed by atoms with Crippen molar-refractivity contribution in [3.8, 4) is 6.07 Å². The Balaban J connectivity index is 1.72. The smallest absolute Gasteiger partial charge is 0.287 e. The first kappa shape index (κ1) is 27.4. The molecule has 208 valence electrons. The summed E-state index contributed by atoms with van der Waals surface area (Å²) >= 11 is 0. The molecule has 40 heavy (non-hydrogen) atoms. The Hall–Kier alpha value is -4.21. The van der Waals surface area contributed by atoms with Crippen molar-refractivity contribution in [3.05, 3.63) is 45.0 Å². The lowest BCUT2D eigenvalue weighted by atomic mass is 9.67. The van der Waals surface area contributed by atoms with Crippen LogP contribution in [0.2, 0.25) is 0 Å². The molecule has 0 aromatic carbocycles. The molecule has 12 heteroatoms. The molecular formula is C28H28N4O8. The molecule has 2 N–H and O–H groups in total. The summed E-state index contributed by atoms with van der Waals surface area (Å²) in [6.07, 6.45) is 0.0656. The van der Waals surface area contributed by atoms with Crippen molar-refractivity contribution in [2.45, 2.75) is 63.8 Å². The van der Waals surface area contributed by atoms with Crippen LogP contribution in [-0.2, 0) is 33.5 Å². The van der Waals surface area contributed by atoms with Crippen LogP contribution in [0.5, 0.6) is 0 Å². The largest absolute Gasteiger partial charge is 0.507 e. The molecule has 0 spiro atoms. The molecule has 2 bridgehead atoms. The van der Waals surface area contributed by atoms with Crippen molar-refractivity contribution in [1.82, 2.24) is 15.1 Å². The number of nitrogens with one attached hydrogen (secondary N) is 1. The molecule has 3 heterocycles. The molecule has 0 aromatic rings. The number of methoxy groups -OCH3 is 1. The normalized spacial score (nSPS) is 30.6. The number of rotatable bonds is 4. The third kappa shape index (κ3) is 3.58. The number of aliphatic hydroxyl groups is 1. The molecular weight excluding hydrogens is 520 g/mol. The van der Waals surface area contributed by atoms with E-state index < -0.39 is 59.2 Å². The van der Waals surface area contributed by atoms with E-state index in [1.807, 2.05) is 4.90 Å². The van der Waals surface area contributed by atoms with Gasteiger partial charge in [0.1, 0.15) is 11.8 Å². The maximum absolute atomic E-state index is 13.7. The number of nitriles is 1. The number of likely N-dealkylation sites (N-methyl/N-ethyl adjacent to an activating group) is 1. The molecule has 2 aliphatic carbocycles. The van der Waals surface area contributed by atoms with E-state index in [0.717, 1.165) is 6.92 Å². The Kier molecular flexibility index (Phi) is 6.47. The number of amides is 1. The van der Waals surface area contributed by atoms with Gasteiger partial charge >= 0.3 is 0 Å². The number of aliphatic hydroxyl groups excluding tert-OH is 1. The average Bonchev–Trinajstić information content (AvgIpc) is 2.92. The highest BCUT2D eigenvalue weighted by Gasteiger charge is 2.59. The van der Waals surface area contributed by atoms with Crippen molar-refractivity contribution in [2.24, 2.45) is 0 Å². The third-order valence-corrected chi connectivity index (χ3v) is 8.81.